The van der Waals surface area contributed by atoms with Crippen LogP contribution in [0.25, 0.3) is 0 Å². The van der Waals surface area contributed by atoms with Gasteiger partial charge in [-0.2, -0.15) is 0 Å². The molecule has 1 aromatic rings. The van der Waals surface area contributed by atoms with Crippen LogP contribution in [0.3, 0.4) is 0 Å². The topological polar surface area (TPSA) is 29.5 Å². The van der Waals surface area contributed by atoms with Crippen LogP contribution in [0.2, 0.25) is 0 Å². The summed E-state index contributed by atoms with van der Waals surface area (Å²) >= 11 is 3.42. The Bertz CT molecular complexity index is 470. The van der Waals surface area contributed by atoms with Crippen molar-refractivity contribution in [2.24, 2.45) is 0 Å². The standard InChI is InChI=1S/C16H22BrNO2/c1-3-18(13-7-5-4-6-8-13)16(19)12-9-10-14(17)15(11-12)20-2/h9-11,13H,3-8H2,1-2H3. The van der Waals surface area contributed by atoms with Crippen molar-refractivity contribution >= 4 is 21.8 Å². The van der Waals surface area contributed by atoms with Crippen LogP contribution < -0.4 is 4.74 Å². The Morgan fingerprint density at radius 2 is 2.05 bits per heavy atom. The number of nitrogens with zero attached hydrogens (tertiary/aromatic N) is 1. The summed E-state index contributed by atoms with van der Waals surface area (Å²) in [7, 11) is 1.62. The van der Waals surface area contributed by atoms with E-state index in [0.717, 1.165) is 23.9 Å². The van der Waals surface area contributed by atoms with E-state index >= 15 is 0 Å². The first-order chi connectivity index (χ1) is 9.67. The van der Waals surface area contributed by atoms with E-state index in [-0.39, 0.29) is 5.91 Å². The number of methoxy groups -OCH3 is 1. The van der Waals surface area contributed by atoms with Crippen LogP contribution in [-0.2, 0) is 0 Å². The highest BCUT2D eigenvalue weighted by Crippen LogP contribution is 2.28. The molecule has 0 N–H and O–H groups in total. The normalized spacial score (nSPS) is 15.9. The number of benzene rings is 1. The van der Waals surface area contributed by atoms with Gasteiger partial charge in [0.25, 0.3) is 5.91 Å². The van der Waals surface area contributed by atoms with E-state index < -0.39 is 0 Å². The Kier molecular flexibility index (Phi) is 5.46. The van der Waals surface area contributed by atoms with Gasteiger partial charge in [-0.15, -0.1) is 0 Å². The number of ether oxygens (including phenoxy) is 1. The van der Waals surface area contributed by atoms with Crippen LogP contribution in [0.4, 0.5) is 0 Å². The predicted molar refractivity (Wildman–Crippen MR) is 84.3 cm³/mol. The monoisotopic (exact) mass is 339 g/mol. The molecule has 0 aromatic heterocycles. The molecule has 0 spiro atoms. The molecule has 110 valence electrons. The summed E-state index contributed by atoms with van der Waals surface area (Å²) in [5, 5.41) is 0. The molecule has 0 heterocycles. The molecular weight excluding hydrogens is 318 g/mol. The quantitative estimate of drug-likeness (QED) is 0.820. The van der Waals surface area contributed by atoms with Crippen molar-refractivity contribution in [1.82, 2.24) is 4.90 Å². The molecule has 0 bridgehead atoms. The minimum Gasteiger partial charge on any atom is -0.496 e. The Balaban J connectivity index is 2.19. The van der Waals surface area contributed by atoms with Crippen LogP contribution in [0.1, 0.15) is 49.4 Å². The van der Waals surface area contributed by atoms with Crippen molar-refractivity contribution in [3.05, 3.63) is 28.2 Å². The van der Waals surface area contributed by atoms with Gasteiger partial charge >= 0.3 is 0 Å². The lowest BCUT2D eigenvalue weighted by molar-refractivity contribution is 0.0647. The lowest BCUT2D eigenvalue weighted by atomic mass is 9.93. The summed E-state index contributed by atoms with van der Waals surface area (Å²) in [6, 6.07) is 5.95. The van der Waals surface area contributed by atoms with E-state index in [1.165, 1.54) is 19.3 Å². The highest BCUT2D eigenvalue weighted by Gasteiger charge is 2.25. The largest absolute Gasteiger partial charge is 0.496 e. The minimum absolute atomic E-state index is 0.116. The number of amides is 1. The van der Waals surface area contributed by atoms with Crippen LogP contribution in [-0.4, -0.2) is 30.5 Å². The number of carbonyl (C=O) groups is 1. The van der Waals surface area contributed by atoms with Gasteiger partial charge in [0.15, 0.2) is 0 Å². The molecule has 20 heavy (non-hydrogen) atoms. The Hall–Kier alpha value is -1.03. The molecule has 0 saturated heterocycles. The molecule has 0 atom stereocenters. The number of carbonyl (C=O) groups excluding carboxylic acids is 1. The molecule has 1 saturated carbocycles. The first kappa shape index (κ1) is 15.4. The zero-order valence-corrected chi connectivity index (χ0v) is 13.8. The summed E-state index contributed by atoms with van der Waals surface area (Å²) in [5.41, 5.74) is 0.706. The van der Waals surface area contributed by atoms with Gasteiger partial charge < -0.3 is 9.64 Å². The molecule has 1 aromatic carbocycles. The first-order valence-electron chi connectivity index (χ1n) is 7.32. The Morgan fingerprint density at radius 1 is 1.35 bits per heavy atom. The molecule has 0 aliphatic heterocycles. The smallest absolute Gasteiger partial charge is 0.254 e. The maximum absolute atomic E-state index is 12.7. The van der Waals surface area contributed by atoms with Gasteiger partial charge in [0.05, 0.1) is 11.6 Å². The molecular formula is C16H22BrNO2. The van der Waals surface area contributed by atoms with E-state index in [1.807, 2.05) is 23.1 Å². The Labute approximate surface area is 129 Å². The van der Waals surface area contributed by atoms with Crippen LogP contribution >= 0.6 is 15.9 Å². The van der Waals surface area contributed by atoms with Gasteiger partial charge in [-0.05, 0) is 53.9 Å². The molecule has 3 nitrogen and oxygen atoms in total. The van der Waals surface area contributed by atoms with Gasteiger partial charge in [0, 0.05) is 18.2 Å². The molecule has 1 fully saturated rings. The van der Waals surface area contributed by atoms with E-state index in [2.05, 4.69) is 22.9 Å². The number of hydrogen-bond donors (Lipinski definition) is 0. The fraction of sp³-hybridized carbons (Fsp3) is 0.562. The van der Waals surface area contributed by atoms with Crippen molar-refractivity contribution in [2.75, 3.05) is 13.7 Å². The van der Waals surface area contributed by atoms with E-state index in [0.29, 0.717) is 17.4 Å². The fourth-order valence-electron chi connectivity index (χ4n) is 2.92. The first-order valence-corrected chi connectivity index (χ1v) is 8.11. The molecule has 0 radical (unpaired) electrons. The van der Waals surface area contributed by atoms with Crippen LogP contribution in [0.15, 0.2) is 22.7 Å². The second-order valence-corrected chi connectivity index (χ2v) is 6.09. The van der Waals surface area contributed by atoms with Crippen LogP contribution in [0.5, 0.6) is 5.75 Å². The summed E-state index contributed by atoms with van der Waals surface area (Å²) in [6.07, 6.45) is 6.03. The van der Waals surface area contributed by atoms with E-state index in [1.54, 1.807) is 7.11 Å². The average molecular weight is 340 g/mol. The third-order valence-corrected chi connectivity index (χ3v) is 4.67. The second kappa shape index (κ2) is 7.11. The summed E-state index contributed by atoms with van der Waals surface area (Å²) in [6.45, 7) is 2.82. The van der Waals surface area contributed by atoms with Crippen molar-refractivity contribution in [2.45, 2.75) is 45.1 Å². The number of hydrogen-bond acceptors (Lipinski definition) is 2. The van der Waals surface area contributed by atoms with E-state index in [9.17, 15) is 4.79 Å². The molecule has 4 heteroatoms. The van der Waals surface area contributed by atoms with Gasteiger partial charge in [-0.3, -0.25) is 4.79 Å². The highest BCUT2D eigenvalue weighted by molar-refractivity contribution is 9.10. The van der Waals surface area contributed by atoms with E-state index in [4.69, 9.17) is 4.74 Å². The predicted octanol–water partition coefficient (Wildman–Crippen LogP) is 4.25. The molecule has 0 unspecified atom stereocenters. The second-order valence-electron chi connectivity index (χ2n) is 5.23. The maximum Gasteiger partial charge on any atom is 0.254 e. The molecule has 1 aliphatic carbocycles. The SMILES string of the molecule is CCN(C(=O)c1ccc(Br)c(OC)c1)C1CCCCC1. The lowest BCUT2D eigenvalue weighted by Gasteiger charge is -2.33. The van der Waals surface area contributed by atoms with Crippen LogP contribution in [0, 0.1) is 0 Å². The molecule has 1 aliphatic rings. The zero-order valence-electron chi connectivity index (χ0n) is 12.2. The average Bonchev–Trinajstić information content (AvgIpc) is 2.49. The Morgan fingerprint density at radius 3 is 2.65 bits per heavy atom. The van der Waals surface area contributed by atoms with Gasteiger partial charge in [-0.1, -0.05) is 19.3 Å². The number of rotatable bonds is 4. The van der Waals surface area contributed by atoms with Gasteiger partial charge in [-0.25, -0.2) is 0 Å². The van der Waals surface area contributed by atoms with Crippen molar-refractivity contribution in [3.63, 3.8) is 0 Å². The van der Waals surface area contributed by atoms with Gasteiger partial charge in [0.2, 0.25) is 0 Å². The molecule has 2 rings (SSSR count). The highest BCUT2D eigenvalue weighted by atomic mass is 79.9. The maximum atomic E-state index is 12.7. The fourth-order valence-corrected chi connectivity index (χ4v) is 3.33. The summed E-state index contributed by atoms with van der Waals surface area (Å²) < 4.78 is 6.15. The summed E-state index contributed by atoms with van der Waals surface area (Å²) in [5.74, 6) is 0.820. The third-order valence-electron chi connectivity index (χ3n) is 4.02. The zero-order chi connectivity index (χ0) is 14.5. The molecule has 1 amide bonds. The van der Waals surface area contributed by atoms with Gasteiger partial charge in [0.1, 0.15) is 5.75 Å². The minimum atomic E-state index is 0.116. The third kappa shape index (κ3) is 3.35. The summed E-state index contributed by atoms with van der Waals surface area (Å²) in [4.78, 5) is 14.7. The van der Waals surface area contributed by atoms with Crippen molar-refractivity contribution in [1.29, 1.82) is 0 Å². The number of halogens is 1. The van der Waals surface area contributed by atoms with Crippen molar-refractivity contribution < 1.29 is 9.53 Å². The lowest BCUT2D eigenvalue weighted by Crippen LogP contribution is -2.41. The van der Waals surface area contributed by atoms with Crippen molar-refractivity contribution in [3.8, 4) is 5.75 Å².